The zero-order valence-corrected chi connectivity index (χ0v) is 11.9. The van der Waals surface area contributed by atoms with Crippen LogP contribution in [-0.2, 0) is 5.41 Å². The molecule has 0 heterocycles. The molecular weight excluding hydrogens is 262 g/mol. The summed E-state index contributed by atoms with van der Waals surface area (Å²) in [6, 6.07) is 8.61. The van der Waals surface area contributed by atoms with Crippen LogP contribution in [0.5, 0.6) is 0 Å². The molecule has 0 radical (unpaired) electrons. The highest BCUT2D eigenvalue weighted by Gasteiger charge is 2.28. The Hall–Kier alpha value is -0.340. The van der Waals surface area contributed by atoms with Crippen LogP contribution in [0, 0.1) is 0 Å². The van der Waals surface area contributed by atoms with Crippen molar-refractivity contribution in [1.29, 1.82) is 0 Å². The van der Waals surface area contributed by atoms with Gasteiger partial charge in [0.15, 0.2) is 0 Å². The number of benzene rings is 1. The molecule has 0 aliphatic carbocycles. The fourth-order valence-corrected chi connectivity index (χ4v) is 2.91. The molecule has 0 saturated carbocycles. The van der Waals surface area contributed by atoms with Crippen LogP contribution in [0.25, 0.3) is 0 Å². The predicted molar refractivity (Wildman–Crippen MR) is 74.7 cm³/mol. The van der Waals surface area contributed by atoms with Crippen LogP contribution in [-0.4, -0.2) is 6.54 Å². The molecule has 0 aliphatic rings. The smallest absolute Gasteiger partial charge is 0.0178 e. The maximum absolute atomic E-state index is 6.05. The third-order valence-corrected chi connectivity index (χ3v) is 3.78. The number of nitrogens with two attached hydrogens (primary N) is 1. The van der Waals surface area contributed by atoms with E-state index < -0.39 is 0 Å². The van der Waals surface area contributed by atoms with Crippen molar-refractivity contribution in [3.8, 4) is 0 Å². The van der Waals surface area contributed by atoms with Crippen molar-refractivity contribution in [1.82, 2.24) is 0 Å². The SMILES string of the molecule is CCCC(CN)(CCC)c1cccc(Br)c1. The van der Waals surface area contributed by atoms with Gasteiger partial charge in [0.2, 0.25) is 0 Å². The van der Waals surface area contributed by atoms with E-state index in [1.165, 1.54) is 31.2 Å². The molecule has 0 amide bonds. The summed E-state index contributed by atoms with van der Waals surface area (Å²) in [4.78, 5) is 0. The summed E-state index contributed by atoms with van der Waals surface area (Å²) >= 11 is 3.55. The van der Waals surface area contributed by atoms with E-state index in [9.17, 15) is 0 Å². The molecule has 90 valence electrons. The Kier molecular flexibility index (Phi) is 5.50. The number of hydrogen-bond acceptors (Lipinski definition) is 1. The van der Waals surface area contributed by atoms with Crippen molar-refractivity contribution in [2.24, 2.45) is 5.73 Å². The summed E-state index contributed by atoms with van der Waals surface area (Å²) in [6.07, 6.45) is 4.72. The molecule has 0 atom stereocenters. The molecule has 2 heteroatoms. The first-order valence-electron chi connectivity index (χ1n) is 6.14. The second-order valence-corrected chi connectivity index (χ2v) is 5.41. The molecule has 16 heavy (non-hydrogen) atoms. The molecule has 0 aromatic heterocycles. The molecule has 0 fully saturated rings. The molecule has 0 aliphatic heterocycles. The molecule has 1 aromatic carbocycles. The van der Waals surface area contributed by atoms with E-state index in [1.807, 2.05) is 0 Å². The lowest BCUT2D eigenvalue weighted by Gasteiger charge is -2.33. The van der Waals surface area contributed by atoms with Crippen LogP contribution in [0.1, 0.15) is 45.1 Å². The molecule has 1 nitrogen and oxygen atoms in total. The molecule has 0 bridgehead atoms. The van der Waals surface area contributed by atoms with Gasteiger partial charge in [-0.2, -0.15) is 0 Å². The Morgan fingerprint density at radius 1 is 1.19 bits per heavy atom. The standard InChI is InChI=1S/C14H22BrN/c1-3-8-14(11-16,9-4-2)12-6-5-7-13(15)10-12/h5-7,10H,3-4,8-9,11,16H2,1-2H3. The summed E-state index contributed by atoms with van der Waals surface area (Å²) < 4.78 is 1.15. The summed E-state index contributed by atoms with van der Waals surface area (Å²) in [5, 5.41) is 0. The van der Waals surface area contributed by atoms with Crippen molar-refractivity contribution in [3.05, 3.63) is 34.3 Å². The Morgan fingerprint density at radius 3 is 2.25 bits per heavy atom. The molecule has 0 unspecified atom stereocenters. The lowest BCUT2D eigenvalue weighted by atomic mass is 9.73. The lowest BCUT2D eigenvalue weighted by molar-refractivity contribution is 0.365. The highest BCUT2D eigenvalue weighted by Crippen LogP contribution is 2.34. The van der Waals surface area contributed by atoms with E-state index in [2.05, 4.69) is 54.0 Å². The quantitative estimate of drug-likeness (QED) is 0.830. The third-order valence-electron chi connectivity index (χ3n) is 3.28. The van der Waals surface area contributed by atoms with Gasteiger partial charge in [0.05, 0.1) is 0 Å². The molecule has 1 aromatic rings. The van der Waals surface area contributed by atoms with Gasteiger partial charge in [0, 0.05) is 16.4 Å². The molecule has 2 N–H and O–H groups in total. The van der Waals surface area contributed by atoms with Crippen LogP contribution < -0.4 is 5.73 Å². The van der Waals surface area contributed by atoms with E-state index in [0.29, 0.717) is 0 Å². The van der Waals surface area contributed by atoms with Gasteiger partial charge in [-0.15, -0.1) is 0 Å². The maximum Gasteiger partial charge on any atom is 0.0178 e. The van der Waals surface area contributed by atoms with Crippen molar-refractivity contribution in [3.63, 3.8) is 0 Å². The van der Waals surface area contributed by atoms with Gasteiger partial charge in [0.1, 0.15) is 0 Å². The first-order valence-corrected chi connectivity index (χ1v) is 6.94. The fraction of sp³-hybridized carbons (Fsp3) is 0.571. The highest BCUT2D eigenvalue weighted by molar-refractivity contribution is 9.10. The van der Waals surface area contributed by atoms with E-state index in [4.69, 9.17) is 5.73 Å². The summed E-state index contributed by atoms with van der Waals surface area (Å²) in [5.41, 5.74) is 7.60. The van der Waals surface area contributed by atoms with Gasteiger partial charge in [-0.1, -0.05) is 54.8 Å². The third kappa shape index (κ3) is 3.08. The Balaban J connectivity index is 3.07. The number of hydrogen-bond donors (Lipinski definition) is 1. The van der Waals surface area contributed by atoms with Crippen molar-refractivity contribution < 1.29 is 0 Å². The van der Waals surface area contributed by atoms with Crippen LogP contribution in [0.2, 0.25) is 0 Å². The second-order valence-electron chi connectivity index (χ2n) is 4.49. The Morgan fingerprint density at radius 2 is 1.81 bits per heavy atom. The minimum atomic E-state index is 0.174. The minimum Gasteiger partial charge on any atom is -0.330 e. The van der Waals surface area contributed by atoms with Gasteiger partial charge < -0.3 is 5.73 Å². The van der Waals surface area contributed by atoms with Crippen molar-refractivity contribution in [2.45, 2.75) is 44.9 Å². The second kappa shape index (κ2) is 6.41. The monoisotopic (exact) mass is 283 g/mol. The first kappa shape index (κ1) is 13.7. The predicted octanol–water partition coefficient (Wildman–Crippen LogP) is 4.25. The average Bonchev–Trinajstić information content (AvgIpc) is 2.28. The lowest BCUT2D eigenvalue weighted by Crippen LogP contribution is -2.35. The summed E-state index contributed by atoms with van der Waals surface area (Å²) in [5.74, 6) is 0. The van der Waals surface area contributed by atoms with Crippen LogP contribution in [0.15, 0.2) is 28.7 Å². The van der Waals surface area contributed by atoms with E-state index >= 15 is 0 Å². The molecular formula is C14H22BrN. The zero-order valence-electron chi connectivity index (χ0n) is 10.3. The van der Waals surface area contributed by atoms with Gasteiger partial charge in [-0.3, -0.25) is 0 Å². The van der Waals surface area contributed by atoms with Crippen molar-refractivity contribution in [2.75, 3.05) is 6.54 Å². The number of halogens is 1. The largest absolute Gasteiger partial charge is 0.330 e. The van der Waals surface area contributed by atoms with Crippen LogP contribution in [0.3, 0.4) is 0 Å². The van der Waals surface area contributed by atoms with Crippen molar-refractivity contribution >= 4 is 15.9 Å². The topological polar surface area (TPSA) is 26.0 Å². The summed E-state index contributed by atoms with van der Waals surface area (Å²) in [7, 11) is 0. The maximum atomic E-state index is 6.05. The zero-order chi connectivity index (χ0) is 12.0. The minimum absolute atomic E-state index is 0.174. The van der Waals surface area contributed by atoms with Crippen LogP contribution >= 0.6 is 15.9 Å². The molecule has 0 saturated heterocycles. The Labute approximate surface area is 108 Å². The molecule has 1 rings (SSSR count). The van der Waals surface area contributed by atoms with Gasteiger partial charge >= 0.3 is 0 Å². The normalized spacial score (nSPS) is 11.8. The van der Waals surface area contributed by atoms with E-state index in [1.54, 1.807) is 0 Å². The van der Waals surface area contributed by atoms with Gasteiger partial charge in [0.25, 0.3) is 0 Å². The highest BCUT2D eigenvalue weighted by atomic mass is 79.9. The fourth-order valence-electron chi connectivity index (χ4n) is 2.51. The number of rotatable bonds is 6. The van der Waals surface area contributed by atoms with Gasteiger partial charge in [-0.25, -0.2) is 0 Å². The average molecular weight is 284 g/mol. The van der Waals surface area contributed by atoms with E-state index in [0.717, 1.165) is 11.0 Å². The molecule has 0 spiro atoms. The Bertz CT molecular complexity index is 316. The van der Waals surface area contributed by atoms with E-state index in [-0.39, 0.29) is 5.41 Å². The summed E-state index contributed by atoms with van der Waals surface area (Å²) in [6.45, 7) is 5.21. The van der Waals surface area contributed by atoms with Gasteiger partial charge in [-0.05, 0) is 30.5 Å². The first-order chi connectivity index (χ1) is 7.68. The van der Waals surface area contributed by atoms with Crippen LogP contribution in [0.4, 0.5) is 0 Å².